The van der Waals surface area contributed by atoms with Crippen molar-refractivity contribution in [1.29, 1.82) is 0 Å². The van der Waals surface area contributed by atoms with E-state index in [1.807, 2.05) is 30.3 Å². The van der Waals surface area contributed by atoms with E-state index in [-0.39, 0.29) is 6.04 Å². The highest BCUT2D eigenvalue weighted by molar-refractivity contribution is 9.10. The molecule has 0 bridgehead atoms. The van der Waals surface area contributed by atoms with Crippen molar-refractivity contribution < 1.29 is 9.47 Å². The van der Waals surface area contributed by atoms with Gasteiger partial charge >= 0.3 is 0 Å². The summed E-state index contributed by atoms with van der Waals surface area (Å²) in [6, 6.07) is 9.90. The first-order valence-electron chi connectivity index (χ1n) is 6.50. The van der Waals surface area contributed by atoms with Gasteiger partial charge in [-0.15, -0.1) is 0 Å². The molecule has 3 rings (SSSR count). The number of benzene rings is 1. The van der Waals surface area contributed by atoms with Crippen molar-refractivity contribution in [3.63, 3.8) is 0 Å². The number of nitrogens with zero attached hydrogens (tertiary/aromatic N) is 1. The maximum atomic E-state index is 5.60. The van der Waals surface area contributed by atoms with Crippen LogP contribution < -0.4 is 14.8 Å². The van der Waals surface area contributed by atoms with Crippen LogP contribution >= 0.6 is 15.9 Å². The van der Waals surface area contributed by atoms with Crippen LogP contribution in [0.3, 0.4) is 0 Å². The van der Waals surface area contributed by atoms with E-state index in [0.29, 0.717) is 13.2 Å². The van der Waals surface area contributed by atoms with Gasteiger partial charge in [-0.2, -0.15) is 0 Å². The fourth-order valence-corrected chi connectivity index (χ4v) is 2.55. The van der Waals surface area contributed by atoms with Crippen LogP contribution in [0.5, 0.6) is 11.5 Å². The number of halogens is 1. The number of fused-ring (bicyclic) bond motifs is 1. The molecule has 2 heterocycles. The number of anilines is 1. The molecule has 2 aromatic rings. The summed E-state index contributed by atoms with van der Waals surface area (Å²) in [6.45, 7) is 3.26. The zero-order valence-corrected chi connectivity index (χ0v) is 12.7. The predicted molar refractivity (Wildman–Crippen MR) is 81.4 cm³/mol. The van der Waals surface area contributed by atoms with Crippen molar-refractivity contribution >= 4 is 21.6 Å². The Morgan fingerprint density at radius 1 is 1.20 bits per heavy atom. The van der Waals surface area contributed by atoms with Gasteiger partial charge in [0.15, 0.2) is 11.5 Å². The van der Waals surface area contributed by atoms with Crippen LogP contribution in [0.4, 0.5) is 5.69 Å². The molecule has 0 saturated heterocycles. The maximum Gasteiger partial charge on any atom is 0.163 e. The Bertz CT molecular complexity index is 604. The number of pyridine rings is 1. The Kier molecular flexibility index (Phi) is 3.78. The summed E-state index contributed by atoms with van der Waals surface area (Å²) >= 11 is 3.56. The molecule has 0 saturated carbocycles. The molecule has 0 spiro atoms. The van der Waals surface area contributed by atoms with Crippen LogP contribution in [0.2, 0.25) is 0 Å². The van der Waals surface area contributed by atoms with Crippen LogP contribution in [0, 0.1) is 0 Å². The van der Waals surface area contributed by atoms with E-state index in [2.05, 4.69) is 33.2 Å². The van der Waals surface area contributed by atoms with Crippen LogP contribution in [0.15, 0.2) is 41.0 Å². The highest BCUT2D eigenvalue weighted by Crippen LogP contribution is 2.39. The molecule has 5 heteroatoms. The molecule has 1 aliphatic rings. The molecular weight excluding hydrogens is 320 g/mol. The minimum Gasteiger partial charge on any atom is -0.486 e. The lowest BCUT2D eigenvalue weighted by atomic mass is 10.2. The third-order valence-corrected chi connectivity index (χ3v) is 3.79. The predicted octanol–water partition coefficient (Wildman–Crippen LogP) is 3.79. The van der Waals surface area contributed by atoms with Crippen molar-refractivity contribution in [2.75, 3.05) is 18.5 Å². The first-order valence-corrected chi connectivity index (χ1v) is 7.30. The molecular formula is C15H15BrN2O2. The molecule has 20 heavy (non-hydrogen) atoms. The lowest BCUT2D eigenvalue weighted by Crippen LogP contribution is -2.16. The molecule has 104 valence electrons. The van der Waals surface area contributed by atoms with Gasteiger partial charge in [0.1, 0.15) is 13.2 Å². The molecule has 0 radical (unpaired) electrons. The normalized spacial score (nSPS) is 14.7. The van der Waals surface area contributed by atoms with Crippen LogP contribution in [-0.2, 0) is 0 Å². The second kappa shape index (κ2) is 5.71. The van der Waals surface area contributed by atoms with Gasteiger partial charge in [-0.1, -0.05) is 6.07 Å². The second-order valence-electron chi connectivity index (χ2n) is 4.60. The number of hydrogen-bond acceptors (Lipinski definition) is 4. The topological polar surface area (TPSA) is 43.4 Å². The summed E-state index contributed by atoms with van der Waals surface area (Å²) in [4.78, 5) is 4.36. The van der Waals surface area contributed by atoms with Gasteiger partial charge in [0.25, 0.3) is 0 Å². The molecule has 1 aromatic heterocycles. The minimum absolute atomic E-state index is 0.107. The molecule has 4 nitrogen and oxygen atoms in total. The van der Waals surface area contributed by atoms with E-state index >= 15 is 0 Å². The molecule has 0 fully saturated rings. The summed E-state index contributed by atoms with van der Waals surface area (Å²) < 4.78 is 12.1. The highest BCUT2D eigenvalue weighted by Gasteiger charge is 2.16. The largest absolute Gasteiger partial charge is 0.486 e. The standard InChI is InChI=1S/C15H15BrN2O2/c1-10(12-4-2-3-5-17-12)18-13-9-15-14(8-11(13)16)19-6-7-20-15/h2-5,8-10,18H,6-7H2,1H3. The monoisotopic (exact) mass is 334 g/mol. The van der Waals surface area contributed by atoms with Crippen molar-refractivity contribution in [1.82, 2.24) is 4.98 Å². The number of rotatable bonds is 3. The van der Waals surface area contributed by atoms with Gasteiger partial charge in [-0.05, 0) is 35.0 Å². The van der Waals surface area contributed by atoms with Crippen LogP contribution in [0.25, 0.3) is 0 Å². The smallest absolute Gasteiger partial charge is 0.163 e. The lowest BCUT2D eigenvalue weighted by molar-refractivity contribution is 0.171. The minimum atomic E-state index is 0.107. The Morgan fingerprint density at radius 3 is 2.65 bits per heavy atom. The zero-order valence-electron chi connectivity index (χ0n) is 11.1. The first kappa shape index (κ1) is 13.2. The Hall–Kier alpha value is -1.75. The summed E-state index contributed by atoms with van der Waals surface area (Å²) in [5.41, 5.74) is 1.96. The van der Waals surface area contributed by atoms with Crippen molar-refractivity contribution in [2.45, 2.75) is 13.0 Å². The van der Waals surface area contributed by atoms with Gasteiger partial charge < -0.3 is 14.8 Å². The summed E-state index contributed by atoms with van der Waals surface area (Å²) in [6.07, 6.45) is 1.80. The van der Waals surface area contributed by atoms with Gasteiger partial charge in [-0.25, -0.2) is 0 Å². The van der Waals surface area contributed by atoms with Crippen LogP contribution in [0.1, 0.15) is 18.7 Å². The fourth-order valence-electron chi connectivity index (χ4n) is 2.11. The number of aromatic nitrogens is 1. The average molecular weight is 335 g/mol. The molecule has 1 aliphatic heterocycles. The third-order valence-electron chi connectivity index (χ3n) is 3.14. The summed E-state index contributed by atoms with van der Waals surface area (Å²) in [5.74, 6) is 1.55. The number of hydrogen-bond donors (Lipinski definition) is 1. The maximum absolute atomic E-state index is 5.60. The van der Waals surface area contributed by atoms with E-state index in [1.54, 1.807) is 6.20 Å². The summed E-state index contributed by atoms with van der Waals surface area (Å²) in [5, 5.41) is 3.43. The fraction of sp³-hybridized carbons (Fsp3) is 0.267. The average Bonchev–Trinajstić information content (AvgIpc) is 2.49. The van der Waals surface area contributed by atoms with Gasteiger partial charge in [-0.3, -0.25) is 4.98 Å². The molecule has 1 aromatic carbocycles. The first-order chi connectivity index (χ1) is 9.74. The Labute approximate surface area is 126 Å². The van der Waals surface area contributed by atoms with E-state index in [4.69, 9.17) is 9.47 Å². The lowest BCUT2D eigenvalue weighted by Gasteiger charge is -2.22. The molecule has 1 N–H and O–H groups in total. The van der Waals surface area contributed by atoms with E-state index in [1.165, 1.54) is 0 Å². The molecule has 0 amide bonds. The van der Waals surface area contributed by atoms with Gasteiger partial charge in [0, 0.05) is 22.8 Å². The zero-order chi connectivity index (χ0) is 13.9. The molecule has 1 atom stereocenters. The second-order valence-corrected chi connectivity index (χ2v) is 5.45. The van der Waals surface area contributed by atoms with E-state index in [9.17, 15) is 0 Å². The number of ether oxygens (including phenoxy) is 2. The Morgan fingerprint density at radius 2 is 1.95 bits per heavy atom. The van der Waals surface area contributed by atoms with Crippen molar-refractivity contribution in [3.05, 3.63) is 46.7 Å². The van der Waals surface area contributed by atoms with Crippen molar-refractivity contribution in [3.8, 4) is 11.5 Å². The van der Waals surface area contributed by atoms with Crippen LogP contribution in [-0.4, -0.2) is 18.2 Å². The highest BCUT2D eigenvalue weighted by atomic mass is 79.9. The van der Waals surface area contributed by atoms with Gasteiger partial charge in [0.05, 0.1) is 17.4 Å². The quantitative estimate of drug-likeness (QED) is 0.927. The van der Waals surface area contributed by atoms with E-state index in [0.717, 1.165) is 27.4 Å². The van der Waals surface area contributed by atoms with Crippen molar-refractivity contribution in [2.24, 2.45) is 0 Å². The number of nitrogens with one attached hydrogen (secondary N) is 1. The SMILES string of the molecule is CC(Nc1cc2c(cc1Br)OCCO2)c1ccccn1. The molecule has 1 unspecified atom stereocenters. The van der Waals surface area contributed by atoms with E-state index < -0.39 is 0 Å². The Balaban J connectivity index is 1.84. The van der Waals surface area contributed by atoms with Gasteiger partial charge in [0.2, 0.25) is 0 Å². The summed E-state index contributed by atoms with van der Waals surface area (Å²) in [7, 11) is 0. The molecule has 0 aliphatic carbocycles. The third kappa shape index (κ3) is 2.72.